The summed E-state index contributed by atoms with van der Waals surface area (Å²) in [5.74, 6) is 0. The van der Waals surface area contributed by atoms with E-state index in [1.165, 1.54) is 4.90 Å². The third-order valence-corrected chi connectivity index (χ3v) is 0.903. The van der Waals surface area contributed by atoms with Gasteiger partial charge in [0.15, 0.2) is 0 Å². The van der Waals surface area contributed by atoms with Crippen molar-refractivity contribution in [1.29, 1.82) is 0 Å². The first-order valence-corrected chi connectivity index (χ1v) is 2.73. The van der Waals surface area contributed by atoms with E-state index in [0.717, 1.165) is 0 Å². The number of hydrogen-bond acceptors (Lipinski definition) is 1. The number of amides is 2. The molecule has 0 atom stereocenters. The van der Waals surface area contributed by atoms with E-state index in [9.17, 15) is 4.79 Å². The summed E-state index contributed by atoms with van der Waals surface area (Å²) in [6.45, 7) is 0. The minimum atomic E-state index is -0.0972. The van der Waals surface area contributed by atoms with Gasteiger partial charge in [0, 0.05) is 0 Å². The second-order valence-electron chi connectivity index (χ2n) is 1.31. The molecule has 0 aliphatic carbocycles. The third-order valence-electron chi connectivity index (χ3n) is 0.502. The maximum absolute atomic E-state index is 10.3. The molecule has 0 unspecified atom stereocenters. The molecule has 0 aromatic heterocycles. The fraction of sp³-hybridized carbons (Fsp3) is 0.667. The minimum absolute atomic E-state index is 0.0972. The van der Waals surface area contributed by atoms with E-state index in [1.807, 2.05) is 16.2 Å². The van der Waals surface area contributed by atoms with Crippen LogP contribution in [0.25, 0.3) is 0 Å². The van der Waals surface area contributed by atoms with Crippen molar-refractivity contribution in [3.8, 4) is 0 Å². The van der Waals surface area contributed by atoms with Gasteiger partial charge in [0.2, 0.25) is 0 Å². The molecule has 2 amide bonds. The van der Waals surface area contributed by atoms with Gasteiger partial charge < -0.3 is 0 Å². The van der Waals surface area contributed by atoms with Gasteiger partial charge in [-0.1, -0.05) is 0 Å². The molecule has 0 aromatic carbocycles. The van der Waals surface area contributed by atoms with Crippen molar-refractivity contribution >= 4 is 22.3 Å². The van der Waals surface area contributed by atoms with E-state index in [1.54, 1.807) is 14.1 Å². The standard InChI is InChI=1S/C3H8N2OSe/c1-5(2)3(6)4-7/h7H,1-2H3,(H,4,6). The molecular weight excluding hydrogens is 159 g/mol. The van der Waals surface area contributed by atoms with Gasteiger partial charge in [0.25, 0.3) is 0 Å². The van der Waals surface area contributed by atoms with E-state index in [0.29, 0.717) is 0 Å². The average Bonchev–Trinajstić information content (AvgIpc) is 1.65. The van der Waals surface area contributed by atoms with E-state index in [2.05, 4.69) is 4.33 Å². The SMILES string of the molecule is CN(C)C(=O)N[SeH]. The number of nitrogens with one attached hydrogen (secondary N) is 1. The topological polar surface area (TPSA) is 32.3 Å². The first-order chi connectivity index (χ1) is 3.18. The molecule has 0 spiro atoms. The fourth-order valence-electron chi connectivity index (χ4n) is 0.100. The van der Waals surface area contributed by atoms with Gasteiger partial charge in [0.1, 0.15) is 0 Å². The van der Waals surface area contributed by atoms with Crippen molar-refractivity contribution in [3.63, 3.8) is 0 Å². The summed E-state index contributed by atoms with van der Waals surface area (Å²) in [5, 5.41) is 0. The Labute approximate surface area is 51.1 Å². The van der Waals surface area contributed by atoms with Crippen molar-refractivity contribution in [2.45, 2.75) is 0 Å². The predicted molar refractivity (Wildman–Crippen MR) is 29.4 cm³/mol. The molecule has 0 radical (unpaired) electrons. The Morgan fingerprint density at radius 2 is 2.14 bits per heavy atom. The molecule has 0 saturated carbocycles. The molecule has 7 heavy (non-hydrogen) atoms. The summed E-state index contributed by atoms with van der Waals surface area (Å²) in [6, 6.07) is -0.0972. The number of carbonyl (C=O) groups is 1. The van der Waals surface area contributed by atoms with Gasteiger partial charge in [-0.3, -0.25) is 0 Å². The Hall–Kier alpha value is -0.211. The monoisotopic (exact) mass is 168 g/mol. The average molecular weight is 167 g/mol. The van der Waals surface area contributed by atoms with Gasteiger partial charge in [-0.25, -0.2) is 0 Å². The number of carbonyl (C=O) groups excluding carboxylic acids is 1. The normalized spacial score (nSPS) is 7.86. The van der Waals surface area contributed by atoms with Crippen LogP contribution in [-0.2, 0) is 0 Å². The van der Waals surface area contributed by atoms with Gasteiger partial charge in [-0.2, -0.15) is 0 Å². The zero-order chi connectivity index (χ0) is 5.86. The third kappa shape index (κ3) is 2.48. The number of rotatable bonds is 0. The van der Waals surface area contributed by atoms with Crippen LogP contribution in [0.4, 0.5) is 4.79 Å². The number of urea groups is 1. The van der Waals surface area contributed by atoms with Crippen LogP contribution in [0.5, 0.6) is 0 Å². The zero-order valence-electron chi connectivity index (χ0n) is 4.30. The van der Waals surface area contributed by atoms with Crippen LogP contribution in [-0.4, -0.2) is 41.3 Å². The molecule has 0 bridgehead atoms. The predicted octanol–water partition coefficient (Wildman–Crippen LogP) is -0.927. The van der Waals surface area contributed by atoms with Crippen molar-refractivity contribution in [2.75, 3.05) is 14.1 Å². The maximum atomic E-state index is 10.3. The summed E-state index contributed by atoms with van der Waals surface area (Å²) in [7, 11) is 3.37. The van der Waals surface area contributed by atoms with Crippen LogP contribution in [0.1, 0.15) is 0 Å². The Morgan fingerprint density at radius 1 is 1.71 bits per heavy atom. The first-order valence-electron chi connectivity index (χ1n) is 1.80. The molecule has 0 aliphatic rings. The van der Waals surface area contributed by atoms with Crippen LogP contribution in [0.15, 0.2) is 0 Å². The number of hydrogen-bond donors (Lipinski definition) is 1. The summed E-state index contributed by atoms with van der Waals surface area (Å²) in [4.78, 5) is 11.8. The molecule has 1 N–H and O–H groups in total. The molecule has 0 fully saturated rings. The Kier molecular flexibility index (Phi) is 2.79. The molecule has 42 valence electrons. The molecular formula is C3H8N2OSe. The molecule has 0 saturated heterocycles. The summed E-state index contributed by atoms with van der Waals surface area (Å²) in [6.07, 6.45) is 0. The van der Waals surface area contributed by atoms with Crippen LogP contribution in [0.2, 0.25) is 0 Å². The van der Waals surface area contributed by atoms with Crippen molar-refractivity contribution in [2.24, 2.45) is 0 Å². The van der Waals surface area contributed by atoms with E-state index >= 15 is 0 Å². The quantitative estimate of drug-likeness (QED) is 0.464. The van der Waals surface area contributed by atoms with Crippen molar-refractivity contribution < 1.29 is 4.79 Å². The second kappa shape index (κ2) is 2.88. The molecule has 0 aromatic rings. The zero-order valence-corrected chi connectivity index (χ0v) is 6.18. The second-order valence-corrected chi connectivity index (χ2v) is 1.78. The molecule has 0 aliphatic heterocycles. The summed E-state index contributed by atoms with van der Waals surface area (Å²) < 4.78 is 2.39. The van der Waals surface area contributed by atoms with Crippen molar-refractivity contribution in [3.05, 3.63) is 0 Å². The van der Waals surface area contributed by atoms with E-state index < -0.39 is 0 Å². The molecule has 3 nitrogen and oxygen atoms in total. The van der Waals surface area contributed by atoms with Gasteiger partial charge in [-0.15, -0.1) is 0 Å². The first kappa shape index (κ1) is 6.79. The fourth-order valence-corrected chi connectivity index (χ4v) is 0.520. The van der Waals surface area contributed by atoms with E-state index in [4.69, 9.17) is 0 Å². The summed E-state index contributed by atoms with van der Waals surface area (Å²) >= 11 is 1.99. The van der Waals surface area contributed by atoms with Crippen LogP contribution >= 0.6 is 0 Å². The van der Waals surface area contributed by atoms with Crippen LogP contribution < -0.4 is 4.33 Å². The molecule has 0 heterocycles. The van der Waals surface area contributed by atoms with Crippen LogP contribution in [0, 0.1) is 0 Å². The summed E-state index contributed by atoms with van der Waals surface area (Å²) in [5.41, 5.74) is 0. The Balaban J connectivity index is 3.35. The number of nitrogens with zero attached hydrogens (tertiary/aromatic N) is 1. The van der Waals surface area contributed by atoms with Crippen molar-refractivity contribution in [1.82, 2.24) is 9.23 Å². The van der Waals surface area contributed by atoms with Gasteiger partial charge in [0.05, 0.1) is 0 Å². The Bertz CT molecular complexity index is 73.3. The van der Waals surface area contributed by atoms with Crippen LogP contribution in [0.3, 0.4) is 0 Å². The molecule has 4 heteroatoms. The van der Waals surface area contributed by atoms with E-state index in [-0.39, 0.29) is 6.03 Å². The van der Waals surface area contributed by atoms with Gasteiger partial charge in [-0.05, 0) is 0 Å². The molecule has 0 rings (SSSR count). The Morgan fingerprint density at radius 3 is 2.14 bits per heavy atom. The van der Waals surface area contributed by atoms with Gasteiger partial charge >= 0.3 is 50.4 Å².